The van der Waals surface area contributed by atoms with Crippen LogP contribution in [0.15, 0.2) is 53.3 Å². The molecule has 0 fully saturated rings. The van der Waals surface area contributed by atoms with Crippen LogP contribution in [0, 0.1) is 0 Å². The van der Waals surface area contributed by atoms with Crippen molar-refractivity contribution in [3.8, 4) is 0 Å². The van der Waals surface area contributed by atoms with E-state index in [1.807, 2.05) is 31.2 Å². The monoisotopic (exact) mass is 352 g/mol. The van der Waals surface area contributed by atoms with Crippen LogP contribution < -0.4 is 5.69 Å². The number of esters is 1. The number of imidazole rings is 1. The van der Waals surface area contributed by atoms with Gasteiger partial charge in [-0.3, -0.25) is 18.7 Å². The van der Waals surface area contributed by atoms with Crippen LogP contribution in [0.1, 0.15) is 22.8 Å². The Hall–Kier alpha value is -3.15. The van der Waals surface area contributed by atoms with E-state index in [1.54, 1.807) is 31.3 Å². The molecule has 0 aliphatic rings. The van der Waals surface area contributed by atoms with Crippen LogP contribution in [0.4, 0.5) is 0 Å². The summed E-state index contributed by atoms with van der Waals surface area (Å²) in [6.45, 7) is 1.46. The van der Waals surface area contributed by atoms with Gasteiger partial charge >= 0.3 is 11.7 Å². The fourth-order valence-corrected chi connectivity index (χ4v) is 2.85. The Morgan fingerprint density at radius 1 is 1.00 bits per heavy atom. The second-order valence-corrected chi connectivity index (χ2v) is 6.05. The highest BCUT2D eigenvalue weighted by atomic mass is 16.5. The first kappa shape index (κ1) is 17.7. The van der Waals surface area contributed by atoms with Crippen molar-refractivity contribution in [2.75, 3.05) is 6.61 Å². The van der Waals surface area contributed by atoms with Crippen molar-refractivity contribution in [2.24, 2.45) is 7.05 Å². The Kier molecular flexibility index (Phi) is 5.02. The van der Waals surface area contributed by atoms with Gasteiger partial charge < -0.3 is 4.74 Å². The molecule has 1 heterocycles. The molecule has 6 heteroatoms. The number of ketones is 1. The predicted octanol–water partition coefficient (Wildman–Crippen LogP) is 2.33. The van der Waals surface area contributed by atoms with Gasteiger partial charge in [0.2, 0.25) is 0 Å². The number of fused-ring (bicyclic) bond motifs is 1. The molecule has 3 rings (SSSR count). The molecule has 0 N–H and O–H groups in total. The number of Topliss-reactive ketones (excluding diaryl/α,β-unsaturated/α-hetero) is 1. The third-order valence-corrected chi connectivity index (χ3v) is 4.39. The molecule has 2 aromatic carbocycles. The Labute approximate surface area is 150 Å². The third kappa shape index (κ3) is 3.44. The molecule has 26 heavy (non-hydrogen) atoms. The summed E-state index contributed by atoms with van der Waals surface area (Å²) in [5.74, 6) is -0.895. The molecular weight excluding hydrogens is 332 g/mol. The van der Waals surface area contributed by atoms with Gasteiger partial charge in [-0.05, 0) is 24.1 Å². The van der Waals surface area contributed by atoms with E-state index in [-0.39, 0.29) is 24.6 Å². The molecule has 0 aliphatic carbocycles. The van der Waals surface area contributed by atoms with Crippen LogP contribution in [-0.2, 0) is 29.5 Å². The fraction of sp³-hybridized carbons (Fsp3) is 0.250. The molecule has 0 amide bonds. The lowest BCUT2D eigenvalue weighted by molar-refractivity contribution is -0.143. The molecule has 0 atom stereocenters. The van der Waals surface area contributed by atoms with Gasteiger partial charge in [0.05, 0.1) is 11.0 Å². The minimum atomic E-state index is -0.623. The summed E-state index contributed by atoms with van der Waals surface area (Å²) < 4.78 is 7.90. The number of carbonyl (C=O) groups is 2. The Morgan fingerprint density at radius 2 is 1.65 bits per heavy atom. The van der Waals surface area contributed by atoms with Crippen molar-refractivity contribution in [2.45, 2.75) is 19.9 Å². The van der Waals surface area contributed by atoms with E-state index >= 15 is 0 Å². The number of carbonyl (C=O) groups excluding carboxylic acids is 2. The van der Waals surface area contributed by atoms with Crippen molar-refractivity contribution in [1.82, 2.24) is 9.13 Å². The highest BCUT2D eigenvalue weighted by Gasteiger charge is 2.15. The predicted molar refractivity (Wildman–Crippen MR) is 98.3 cm³/mol. The second-order valence-electron chi connectivity index (χ2n) is 6.05. The van der Waals surface area contributed by atoms with Crippen LogP contribution >= 0.6 is 0 Å². The number of benzene rings is 2. The summed E-state index contributed by atoms with van der Waals surface area (Å²) in [5, 5.41) is 0. The number of nitrogens with zero attached hydrogens (tertiary/aromatic N) is 2. The largest absolute Gasteiger partial charge is 0.456 e. The van der Waals surface area contributed by atoms with Gasteiger partial charge in [0.25, 0.3) is 0 Å². The zero-order chi connectivity index (χ0) is 18.7. The lowest BCUT2D eigenvalue weighted by Crippen LogP contribution is -2.27. The number of aromatic nitrogens is 2. The molecule has 1 aromatic heterocycles. The second kappa shape index (κ2) is 7.39. The van der Waals surface area contributed by atoms with E-state index in [1.165, 1.54) is 9.13 Å². The van der Waals surface area contributed by atoms with Crippen LogP contribution in [0.5, 0.6) is 0 Å². The summed E-state index contributed by atoms with van der Waals surface area (Å²) in [4.78, 5) is 36.5. The van der Waals surface area contributed by atoms with E-state index in [2.05, 4.69) is 0 Å². The Balaban J connectivity index is 1.67. The molecule has 3 aromatic rings. The van der Waals surface area contributed by atoms with E-state index in [0.29, 0.717) is 11.1 Å². The smallest absolute Gasteiger partial charge is 0.329 e. The van der Waals surface area contributed by atoms with Gasteiger partial charge in [-0.25, -0.2) is 4.79 Å². The van der Waals surface area contributed by atoms with Crippen LogP contribution in [-0.4, -0.2) is 27.5 Å². The van der Waals surface area contributed by atoms with Gasteiger partial charge in [-0.1, -0.05) is 43.3 Å². The van der Waals surface area contributed by atoms with Crippen molar-refractivity contribution >= 4 is 22.8 Å². The lowest BCUT2D eigenvalue weighted by Gasteiger charge is -2.06. The number of rotatable bonds is 6. The van der Waals surface area contributed by atoms with Crippen molar-refractivity contribution in [1.29, 1.82) is 0 Å². The summed E-state index contributed by atoms with van der Waals surface area (Å²) in [7, 11) is 1.65. The molecule has 0 bridgehead atoms. The van der Waals surface area contributed by atoms with Crippen molar-refractivity contribution in [3.63, 3.8) is 0 Å². The summed E-state index contributed by atoms with van der Waals surface area (Å²) in [6.07, 6.45) is 0.892. The van der Waals surface area contributed by atoms with E-state index < -0.39 is 5.97 Å². The quantitative estimate of drug-likeness (QED) is 0.504. The summed E-state index contributed by atoms with van der Waals surface area (Å²) in [5.41, 5.74) is 2.71. The number of ether oxygens (including phenoxy) is 1. The molecule has 134 valence electrons. The minimum Gasteiger partial charge on any atom is -0.456 e. The highest BCUT2D eigenvalue weighted by molar-refractivity contribution is 5.98. The van der Waals surface area contributed by atoms with Crippen molar-refractivity contribution in [3.05, 3.63) is 70.1 Å². The average Bonchev–Trinajstić information content (AvgIpc) is 2.91. The molecule has 0 radical (unpaired) electrons. The molecule has 0 aliphatic heterocycles. The van der Waals surface area contributed by atoms with E-state index in [9.17, 15) is 14.4 Å². The van der Waals surface area contributed by atoms with Gasteiger partial charge in [0, 0.05) is 12.6 Å². The highest BCUT2D eigenvalue weighted by Crippen LogP contribution is 2.11. The standard InChI is InChI=1S/C20H20N2O4/c1-3-14-8-10-15(11-9-14)18(23)13-26-19(24)12-22-17-7-5-4-6-16(17)21(2)20(22)25/h4-11H,3,12-13H2,1-2H3. The van der Waals surface area contributed by atoms with E-state index in [0.717, 1.165) is 17.5 Å². The first-order valence-electron chi connectivity index (χ1n) is 8.43. The van der Waals surface area contributed by atoms with Crippen LogP contribution in [0.3, 0.4) is 0 Å². The maximum absolute atomic E-state index is 12.3. The molecule has 0 saturated heterocycles. The van der Waals surface area contributed by atoms with Gasteiger partial charge in [0.15, 0.2) is 12.4 Å². The zero-order valence-electron chi connectivity index (χ0n) is 14.8. The van der Waals surface area contributed by atoms with Gasteiger partial charge in [-0.15, -0.1) is 0 Å². The fourth-order valence-electron chi connectivity index (χ4n) is 2.85. The molecule has 0 saturated carbocycles. The van der Waals surface area contributed by atoms with Gasteiger partial charge in [0.1, 0.15) is 6.54 Å². The van der Waals surface area contributed by atoms with Crippen LogP contribution in [0.25, 0.3) is 11.0 Å². The first-order chi connectivity index (χ1) is 12.5. The van der Waals surface area contributed by atoms with Crippen LogP contribution in [0.2, 0.25) is 0 Å². The van der Waals surface area contributed by atoms with Gasteiger partial charge in [-0.2, -0.15) is 0 Å². The SMILES string of the molecule is CCc1ccc(C(=O)COC(=O)Cn2c(=O)n(C)c3ccccc32)cc1. The average molecular weight is 352 g/mol. The molecule has 0 spiro atoms. The molecular formula is C20H20N2O4. The number of hydrogen-bond donors (Lipinski definition) is 0. The third-order valence-electron chi connectivity index (χ3n) is 4.39. The Bertz CT molecular complexity index is 1010. The molecule has 0 unspecified atom stereocenters. The first-order valence-corrected chi connectivity index (χ1v) is 8.43. The zero-order valence-corrected chi connectivity index (χ0v) is 14.8. The van der Waals surface area contributed by atoms with E-state index in [4.69, 9.17) is 4.74 Å². The summed E-state index contributed by atoms with van der Waals surface area (Å²) >= 11 is 0. The lowest BCUT2D eigenvalue weighted by atomic mass is 10.1. The topological polar surface area (TPSA) is 70.3 Å². The Morgan fingerprint density at radius 3 is 2.31 bits per heavy atom. The maximum Gasteiger partial charge on any atom is 0.329 e. The van der Waals surface area contributed by atoms with Crippen molar-refractivity contribution < 1.29 is 14.3 Å². The summed E-state index contributed by atoms with van der Waals surface area (Å²) in [6, 6.07) is 14.4. The maximum atomic E-state index is 12.3. The molecule has 6 nitrogen and oxygen atoms in total. The minimum absolute atomic E-state index is 0.234. The normalized spacial score (nSPS) is 10.8. The number of para-hydroxylation sites is 2. The number of aryl methyl sites for hydroxylation is 2. The number of hydrogen-bond acceptors (Lipinski definition) is 4.